The summed E-state index contributed by atoms with van der Waals surface area (Å²) in [5.41, 5.74) is 2.39. The molecular formula is C18H19NO2S2. The van der Waals surface area contributed by atoms with Crippen LogP contribution in [0.4, 0.5) is 0 Å². The summed E-state index contributed by atoms with van der Waals surface area (Å²) in [6, 6.07) is 15.9. The van der Waals surface area contributed by atoms with Gasteiger partial charge in [0.1, 0.15) is 5.75 Å². The summed E-state index contributed by atoms with van der Waals surface area (Å²) in [4.78, 5) is 12.7. The van der Waals surface area contributed by atoms with Gasteiger partial charge in [-0.2, -0.15) is 0 Å². The monoisotopic (exact) mass is 345 g/mol. The van der Waals surface area contributed by atoms with Crippen LogP contribution in [-0.4, -0.2) is 13.0 Å². The highest BCUT2D eigenvalue weighted by atomic mass is 32.2. The van der Waals surface area contributed by atoms with E-state index in [1.807, 2.05) is 60.9 Å². The first-order valence-corrected chi connectivity index (χ1v) is 8.98. The van der Waals surface area contributed by atoms with Crippen LogP contribution in [0, 0.1) is 6.92 Å². The first-order chi connectivity index (χ1) is 11.2. The van der Waals surface area contributed by atoms with E-state index in [1.54, 1.807) is 24.9 Å². The van der Waals surface area contributed by atoms with E-state index in [4.69, 9.17) is 4.74 Å². The van der Waals surface area contributed by atoms with Crippen LogP contribution >= 0.6 is 23.7 Å². The zero-order chi connectivity index (χ0) is 16.5. The number of carbonyl (C=O) groups is 1. The molecule has 0 saturated carbocycles. The Kier molecular flexibility index (Phi) is 7.10. The molecule has 0 bridgehead atoms. The molecule has 0 aromatic heterocycles. The first-order valence-electron chi connectivity index (χ1n) is 7.12. The van der Waals surface area contributed by atoms with Gasteiger partial charge in [0.15, 0.2) is 0 Å². The molecule has 0 fully saturated rings. The Balaban J connectivity index is 1.70. The van der Waals surface area contributed by atoms with Crippen molar-refractivity contribution in [1.29, 1.82) is 0 Å². The van der Waals surface area contributed by atoms with Crippen LogP contribution in [0.1, 0.15) is 11.1 Å². The largest absolute Gasteiger partial charge is 0.497 e. The Bertz CT molecular complexity index is 652. The molecule has 2 aromatic rings. The molecule has 23 heavy (non-hydrogen) atoms. The van der Waals surface area contributed by atoms with Crippen molar-refractivity contribution >= 4 is 29.6 Å². The van der Waals surface area contributed by atoms with Crippen LogP contribution < -0.4 is 9.46 Å². The lowest BCUT2D eigenvalue weighted by Gasteiger charge is -2.02. The van der Waals surface area contributed by atoms with Gasteiger partial charge in [0, 0.05) is 16.7 Å². The average molecular weight is 345 g/mol. The molecule has 0 heterocycles. The number of aryl methyl sites for hydroxylation is 1. The zero-order valence-corrected chi connectivity index (χ0v) is 14.7. The Hall–Kier alpha value is -1.85. The second-order valence-corrected chi connectivity index (χ2v) is 6.62. The molecule has 1 amide bonds. The van der Waals surface area contributed by atoms with E-state index in [-0.39, 0.29) is 5.91 Å². The normalized spacial score (nSPS) is 10.7. The third-order valence-electron chi connectivity index (χ3n) is 3.02. The number of carbonyl (C=O) groups excluding carboxylic acids is 1. The smallest absolute Gasteiger partial charge is 0.254 e. The van der Waals surface area contributed by atoms with Gasteiger partial charge in [0.25, 0.3) is 5.91 Å². The maximum atomic E-state index is 11.7. The summed E-state index contributed by atoms with van der Waals surface area (Å²) in [6.07, 6.45) is 1.55. The first kappa shape index (κ1) is 17.5. The van der Waals surface area contributed by atoms with E-state index in [0.29, 0.717) is 0 Å². The molecule has 2 aromatic carbocycles. The van der Waals surface area contributed by atoms with E-state index in [9.17, 15) is 4.79 Å². The van der Waals surface area contributed by atoms with Crippen molar-refractivity contribution in [1.82, 2.24) is 4.72 Å². The fourth-order valence-corrected chi connectivity index (χ4v) is 2.99. The number of hydrogen-bond donors (Lipinski definition) is 1. The highest BCUT2D eigenvalue weighted by molar-refractivity contribution is 8.01. The number of rotatable bonds is 7. The zero-order valence-electron chi connectivity index (χ0n) is 13.1. The highest BCUT2D eigenvalue weighted by Crippen LogP contribution is 2.18. The fourth-order valence-electron chi connectivity index (χ4n) is 1.73. The Morgan fingerprint density at radius 3 is 2.48 bits per heavy atom. The summed E-state index contributed by atoms with van der Waals surface area (Å²) in [5.74, 6) is 1.55. The van der Waals surface area contributed by atoms with Gasteiger partial charge in [-0.1, -0.05) is 29.8 Å². The number of amides is 1. The van der Waals surface area contributed by atoms with E-state index < -0.39 is 0 Å². The molecule has 0 aliphatic rings. The Morgan fingerprint density at radius 2 is 1.83 bits per heavy atom. The molecule has 0 unspecified atom stereocenters. The minimum atomic E-state index is -0.113. The fraction of sp³-hybridized carbons (Fsp3) is 0.167. The van der Waals surface area contributed by atoms with Crippen LogP contribution in [0.25, 0.3) is 0 Å². The van der Waals surface area contributed by atoms with Crippen LogP contribution in [0.3, 0.4) is 0 Å². The SMILES string of the molecule is COc1ccc(CS/C=C/C(=O)NSc2ccc(C)cc2)cc1. The minimum absolute atomic E-state index is 0.113. The van der Waals surface area contributed by atoms with Crippen LogP contribution in [0.2, 0.25) is 0 Å². The summed E-state index contributed by atoms with van der Waals surface area (Å²) in [7, 11) is 1.65. The molecule has 3 nitrogen and oxygen atoms in total. The lowest BCUT2D eigenvalue weighted by Crippen LogP contribution is -2.11. The topological polar surface area (TPSA) is 38.3 Å². The molecule has 0 spiro atoms. The second-order valence-electron chi connectivity index (χ2n) is 4.84. The van der Waals surface area contributed by atoms with Crippen molar-refractivity contribution in [2.24, 2.45) is 0 Å². The number of nitrogens with one attached hydrogen (secondary N) is 1. The van der Waals surface area contributed by atoms with Gasteiger partial charge in [-0.3, -0.25) is 9.52 Å². The van der Waals surface area contributed by atoms with Gasteiger partial charge < -0.3 is 4.74 Å². The van der Waals surface area contributed by atoms with Crippen molar-refractivity contribution in [3.05, 3.63) is 71.1 Å². The molecule has 1 N–H and O–H groups in total. The van der Waals surface area contributed by atoms with Gasteiger partial charge in [0.05, 0.1) is 7.11 Å². The molecule has 0 aliphatic carbocycles. The quantitative estimate of drug-likeness (QED) is 0.589. The highest BCUT2D eigenvalue weighted by Gasteiger charge is 1.98. The summed E-state index contributed by atoms with van der Waals surface area (Å²) in [6.45, 7) is 2.04. The molecule has 0 atom stereocenters. The van der Waals surface area contributed by atoms with Crippen LogP contribution in [0.5, 0.6) is 5.75 Å². The summed E-state index contributed by atoms with van der Waals surface area (Å²) >= 11 is 2.90. The van der Waals surface area contributed by atoms with Gasteiger partial charge >= 0.3 is 0 Å². The predicted octanol–water partition coefficient (Wildman–Crippen LogP) is 4.57. The molecular weight excluding hydrogens is 326 g/mol. The van der Waals surface area contributed by atoms with E-state index >= 15 is 0 Å². The number of ether oxygens (including phenoxy) is 1. The molecule has 0 saturated heterocycles. The van der Waals surface area contributed by atoms with Crippen molar-refractivity contribution in [2.75, 3.05) is 7.11 Å². The average Bonchev–Trinajstić information content (AvgIpc) is 2.59. The van der Waals surface area contributed by atoms with Gasteiger partial charge in [-0.25, -0.2) is 0 Å². The van der Waals surface area contributed by atoms with Crippen LogP contribution in [0.15, 0.2) is 64.9 Å². The van der Waals surface area contributed by atoms with E-state index in [1.165, 1.54) is 23.1 Å². The Labute approximate surface area is 145 Å². The number of thioether (sulfide) groups is 1. The predicted molar refractivity (Wildman–Crippen MR) is 98.6 cm³/mol. The van der Waals surface area contributed by atoms with Crippen LogP contribution in [-0.2, 0) is 10.5 Å². The summed E-state index contributed by atoms with van der Waals surface area (Å²) in [5, 5.41) is 1.81. The van der Waals surface area contributed by atoms with Crippen molar-refractivity contribution in [3.63, 3.8) is 0 Å². The lowest BCUT2D eigenvalue weighted by atomic mass is 10.2. The number of benzene rings is 2. The standard InChI is InChI=1S/C18H19NO2S2/c1-14-3-9-17(10-4-14)23-19-18(20)11-12-22-13-15-5-7-16(21-2)8-6-15/h3-12H,13H2,1-2H3,(H,19,20)/b12-11+. The third-order valence-corrected chi connectivity index (χ3v) is 4.65. The lowest BCUT2D eigenvalue weighted by molar-refractivity contribution is -0.114. The number of methoxy groups -OCH3 is 1. The van der Waals surface area contributed by atoms with Crippen molar-refractivity contribution in [2.45, 2.75) is 17.6 Å². The van der Waals surface area contributed by atoms with E-state index in [0.717, 1.165) is 16.4 Å². The Morgan fingerprint density at radius 1 is 1.13 bits per heavy atom. The third kappa shape index (κ3) is 6.42. The van der Waals surface area contributed by atoms with Crippen molar-refractivity contribution < 1.29 is 9.53 Å². The number of hydrogen-bond acceptors (Lipinski definition) is 4. The van der Waals surface area contributed by atoms with Crippen molar-refractivity contribution in [3.8, 4) is 5.75 Å². The van der Waals surface area contributed by atoms with Gasteiger partial charge in [-0.15, -0.1) is 11.8 Å². The molecule has 0 aliphatic heterocycles. The maximum absolute atomic E-state index is 11.7. The van der Waals surface area contributed by atoms with Gasteiger partial charge in [0.2, 0.25) is 0 Å². The molecule has 5 heteroatoms. The van der Waals surface area contributed by atoms with Gasteiger partial charge in [-0.05, 0) is 54.1 Å². The van der Waals surface area contributed by atoms with E-state index in [2.05, 4.69) is 4.72 Å². The molecule has 0 radical (unpaired) electrons. The molecule has 120 valence electrons. The molecule has 2 rings (SSSR count). The second kappa shape index (κ2) is 9.33. The maximum Gasteiger partial charge on any atom is 0.254 e. The minimum Gasteiger partial charge on any atom is -0.497 e. The summed E-state index contributed by atoms with van der Waals surface area (Å²) < 4.78 is 7.91.